The Hall–Kier alpha value is -2.94. The number of amides is 1. The summed E-state index contributed by atoms with van der Waals surface area (Å²) < 4.78 is 10.8. The van der Waals surface area contributed by atoms with Crippen molar-refractivity contribution in [2.45, 2.75) is 13.0 Å². The van der Waals surface area contributed by atoms with E-state index in [4.69, 9.17) is 9.47 Å². The van der Waals surface area contributed by atoms with Gasteiger partial charge in [0.25, 0.3) is 0 Å². The zero-order valence-corrected chi connectivity index (χ0v) is 19.9. The van der Waals surface area contributed by atoms with Gasteiger partial charge in [-0.05, 0) is 17.7 Å². The normalized spacial score (nSPS) is 14.7. The summed E-state index contributed by atoms with van der Waals surface area (Å²) in [6, 6.07) is 16.0. The fourth-order valence-electron chi connectivity index (χ4n) is 3.90. The molecule has 8 heteroatoms. The fraction of sp³-hybridized carbons (Fsp3) is 0.360. The highest BCUT2D eigenvalue weighted by Gasteiger charge is 2.18. The lowest BCUT2D eigenvalue weighted by atomic mass is 10.1. The smallest absolute Gasteiger partial charge is 0.227 e. The standard InChI is InChI=1S/C25H30N4O3S/c1-31-21-14-19(15-22(16-21)32-2)17-29-12-10-28(11-13-29)9-8-24(30)27-25-26-23(18-33-25)20-6-4-3-5-7-20/h3-7,14-16,18H,8-13,17H2,1-2H3,(H,26,27,30). The van der Waals surface area contributed by atoms with Gasteiger partial charge in [-0.15, -0.1) is 11.3 Å². The van der Waals surface area contributed by atoms with Crippen LogP contribution < -0.4 is 14.8 Å². The minimum absolute atomic E-state index is 0.00914. The molecular weight excluding hydrogens is 436 g/mol. The van der Waals surface area contributed by atoms with Crippen molar-refractivity contribution in [2.75, 3.05) is 52.3 Å². The number of piperazine rings is 1. The van der Waals surface area contributed by atoms with Gasteiger partial charge in [0.1, 0.15) is 11.5 Å². The first-order chi connectivity index (χ1) is 16.1. The number of carbonyl (C=O) groups is 1. The molecule has 0 bridgehead atoms. The number of aromatic nitrogens is 1. The highest BCUT2D eigenvalue weighted by atomic mass is 32.1. The molecule has 0 aliphatic carbocycles. The fourth-order valence-corrected chi connectivity index (χ4v) is 4.64. The average Bonchev–Trinajstić information content (AvgIpc) is 3.32. The number of ether oxygens (including phenoxy) is 2. The maximum atomic E-state index is 12.4. The van der Waals surface area contributed by atoms with E-state index in [1.54, 1.807) is 14.2 Å². The number of thiazole rings is 1. The molecule has 0 saturated carbocycles. The topological polar surface area (TPSA) is 66.9 Å². The Labute approximate surface area is 199 Å². The van der Waals surface area contributed by atoms with Crippen LogP contribution in [0, 0.1) is 0 Å². The molecule has 3 aromatic rings. The van der Waals surface area contributed by atoms with Gasteiger partial charge in [0, 0.05) is 62.7 Å². The van der Waals surface area contributed by atoms with Gasteiger partial charge in [0.2, 0.25) is 5.91 Å². The molecule has 1 saturated heterocycles. The van der Waals surface area contributed by atoms with Crippen LogP contribution in [0.15, 0.2) is 53.9 Å². The Bertz CT molecular complexity index is 1030. The van der Waals surface area contributed by atoms with Gasteiger partial charge in [0.15, 0.2) is 5.13 Å². The van der Waals surface area contributed by atoms with Crippen molar-refractivity contribution in [1.82, 2.24) is 14.8 Å². The van der Waals surface area contributed by atoms with Crippen LogP contribution in [0.2, 0.25) is 0 Å². The summed E-state index contributed by atoms with van der Waals surface area (Å²) in [5.74, 6) is 1.63. The van der Waals surface area contributed by atoms with Crippen molar-refractivity contribution in [2.24, 2.45) is 0 Å². The highest BCUT2D eigenvalue weighted by Crippen LogP contribution is 2.25. The number of nitrogens with zero attached hydrogens (tertiary/aromatic N) is 3. The van der Waals surface area contributed by atoms with Gasteiger partial charge in [-0.1, -0.05) is 30.3 Å². The van der Waals surface area contributed by atoms with Crippen LogP contribution in [0.4, 0.5) is 5.13 Å². The molecule has 1 aliphatic rings. The van der Waals surface area contributed by atoms with E-state index in [0.29, 0.717) is 11.6 Å². The Morgan fingerprint density at radius 1 is 1.00 bits per heavy atom. The summed E-state index contributed by atoms with van der Waals surface area (Å²) in [5.41, 5.74) is 3.12. The number of anilines is 1. The SMILES string of the molecule is COc1cc(CN2CCN(CCC(=O)Nc3nc(-c4ccccc4)cs3)CC2)cc(OC)c1. The number of benzene rings is 2. The monoisotopic (exact) mass is 466 g/mol. The molecule has 0 spiro atoms. The minimum atomic E-state index is 0.00914. The van der Waals surface area contributed by atoms with E-state index < -0.39 is 0 Å². The van der Waals surface area contributed by atoms with Gasteiger partial charge in [-0.2, -0.15) is 0 Å². The van der Waals surface area contributed by atoms with E-state index in [-0.39, 0.29) is 5.91 Å². The van der Waals surface area contributed by atoms with Crippen molar-refractivity contribution in [3.8, 4) is 22.8 Å². The second kappa shape index (κ2) is 11.3. The largest absolute Gasteiger partial charge is 0.497 e. The lowest BCUT2D eigenvalue weighted by molar-refractivity contribution is -0.116. The van der Waals surface area contributed by atoms with Crippen molar-refractivity contribution >= 4 is 22.4 Å². The van der Waals surface area contributed by atoms with Gasteiger partial charge in [-0.3, -0.25) is 9.69 Å². The predicted molar refractivity (Wildman–Crippen MR) is 132 cm³/mol. The molecule has 4 rings (SSSR count). The van der Waals surface area contributed by atoms with Crippen LogP contribution in [-0.2, 0) is 11.3 Å². The Morgan fingerprint density at radius 2 is 1.67 bits per heavy atom. The zero-order chi connectivity index (χ0) is 23.0. The summed E-state index contributed by atoms with van der Waals surface area (Å²) in [4.78, 5) is 21.7. The van der Waals surface area contributed by atoms with Crippen molar-refractivity contribution in [3.63, 3.8) is 0 Å². The van der Waals surface area contributed by atoms with Crippen LogP contribution in [0.5, 0.6) is 11.5 Å². The average molecular weight is 467 g/mol. The lowest BCUT2D eigenvalue weighted by Gasteiger charge is -2.34. The molecule has 33 heavy (non-hydrogen) atoms. The second-order valence-electron chi connectivity index (χ2n) is 8.04. The van der Waals surface area contributed by atoms with E-state index in [9.17, 15) is 4.79 Å². The number of hydrogen-bond acceptors (Lipinski definition) is 7. The third-order valence-electron chi connectivity index (χ3n) is 5.76. The van der Waals surface area contributed by atoms with Gasteiger partial charge in [0.05, 0.1) is 19.9 Å². The van der Waals surface area contributed by atoms with Crippen LogP contribution in [0.25, 0.3) is 11.3 Å². The molecule has 1 aliphatic heterocycles. The molecule has 0 radical (unpaired) electrons. The van der Waals surface area contributed by atoms with Crippen LogP contribution >= 0.6 is 11.3 Å². The van der Waals surface area contributed by atoms with Crippen LogP contribution in [0.3, 0.4) is 0 Å². The Morgan fingerprint density at radius 3 is 2.33 bits per heavy atom. The summed E-state index contributed by atoms with van der Waals surface area (Å²) in [6.07, 6.45) is 0.466. The van der Waals surface area contributed by atoms with Crippen LogP contribution in [-0.4, -0.2) is 67.6 Å². The predicted octanol–water partition coefficient (Wildman–Crippen LogP) is 3.97. The number of carbonyl (C=O) groups excluding carboxylic acids is 1. The molecule has 1 N–H and O–H groups in total. The third-order valence-corrected chi connectivity index (χ3v) is 6.52. The summed E-state index contributed by atoms with van der Waals surface area (Å²) in [5, 5.41) is 5.57. The number of nitrogens with one attached hydrogen (secondary N) is 1. The first-order valence-corrected chi connectivity index (χ1v) is 12.0. The number of methoxy groups -OCH3 is 2. The van der Waals surface area contributed by atoms with E-state index in [1.165, 1.54) is 16.9 Å². The van der Waals surface area contributed by atoms with Crippen molar-refractivity contribution in [3.05, 3.63) is 59.5 Å². The summed E-state index contributed by atoms with van der Waals surface area (Å²) in [7, 11) is 3.34. The quantitative estimate of drug-likeness (QED) is 0.515. The minimum Gasteiger partial charge on any atom is -0.497 e. The Balaban J connectivity index is 1.20. The number of rotatable bonds is 9. The Kier molecular flexibility index (Phi) is 7.93. The molecule has 0 atom stereocenters. The molecule has 174 valence electrons. The zero-order valence-electron chi connectivity index (χ0n) is 19.1. The molecular formula is C25H30N4O3S. The summed E-state index contributed by atoms with van der Waals surface area (Å²) >= 11 is 1.46. The van der Waals surface area contributed by atoms with Gasteiger partial charge >= 0.3 is 0 Å². The molecule has 0 unspecified atom stereocenters. The van der Waals surface area contributed by atoms with E-state index in [0.717, 1.165) is 62.0 Å². The number of hydrogen-bond donors (Lipinski definition) is 1. The third kappa shape index (κ3) is 6.54. The van der Waals surface area contributed by atoms with Gasteiger partial charge < -0.3 is 19.7 Å². The maximum absolute atomic E-state index is 12.4. The molecule has 7 nitrogen and oxygen atoms in total. The first-order valence-electron chi connectivity index (χ1n) is 11.1. The lowest BCUT2D eigenvalue weighted by Crippen LogP contribution is -2.46. The van der Waals surface area contributed by atoms with Crippen LogP contribution in [0.1, 0.15) is 12.0 Å². The first kappa shape index (κ1) is 23.2. The molecule has 1 aromatic heterocycles. The second-order valence-corrected chi connectivity index (χ2v) is 8.90. The van der Waals surface area contributed by atoms with Crippen molar-refractivity contribution in [1.29, 1.82) is 0 Å². The van der Waals surface area contributed by atoms with E-state index in [1.807, 2.05) is 41.8 Å². The molecule has 1 fully saturated rings. The van der Waals surface area contributed by atoms with E-state index in [2.05, 4.69) is 32.2 Å². The molecule has 1 amide bonds. The highest BCUT2D eigenvalue weighted by molar-refractivity contribution is 7.14. The van der Waals surface area contributed by atoms with Crippen molar-refractivity contribution < 1.29 is 14.3 Å². The molecule has 2 aromatic carbocycles. The maximum Gasteiger partial charge on any atom is 0.227 e. The van der Waals surface area contributed by atoms with Gasteiger partial charge in [-0.25, -0.2) is 4.98 Å². The van der Waals surface area contributed by atoms with E-state index >= 15 is 0 Å². The summed E-state index contributed by atoms with van der Waals surface area (Å²) in [6.45, 7) is 5.44. The molecule has 2 heterocycles.